The van der Waals surface area contributed by atoms with E-state index in [0.29, 0.717) is 10.7 Å². The minimum absolute atomic E-state index is 0.173. The Morgan fingerprint density at radius 3 is 3.00 bits per heavy atom. The third kappa shape index (κ3) is 3.64. The number of ether oxygens (including phenoxy) is 1. The van der Waals surface area contributed by atoms with Gasteiger partial charge in [0.05, 0.1) is 0 Å². The molecule has 76 valence electrons. The van der Waals surface area contributed by atoms with Crippen molar-refractivity contribution in [2.45, 2.75) is 0 Å². The summed E-state index contributed by atoms with van der Waals surface area (Å²) in [6.45, 7) is 0.173. The Labute approximate surface area is 87.2 Å². The summed E-state index contributed by atoms with van der Waals surface area (Å²) in [6, 6.07) is 6.58. The standard InChI is InChI=1S/C9H11ClN2O2/c1-14-6-11-9(13)12-8-4-2-3-7(10)5-8/h2-5H,6H2,1H3,(H2,11,12,13). The van der Waals surface area contributed by atoms with Crippen molar-refractivity contribution in [1.29, 1.82) is 0 Å². The van der Waals surface area contributed by atoms with E-state index in [4.69, 9.17) is 11.6 Å². The second-order valence-electron chi connectivity index (χ2n) is 2.57. The van der Waals surface area contributed by atoms with Gasteiger partial charge in [-0.15, -0.1) is 0 Å². The molecule has 0 fully saturated rings. The van der Waals surface area contributed by atoms with Crippen LogP contribution < -0.4 is 10.6 Å². The fraction of sp³-hybridized carbons (Fsp3) is 0.222. The maximum absolute atomic E-state index is 11.1. The fourth-order valence-electron chi connectivity index (χ4n) is 0.879. The van der Waals surface area contributed by atoms with Crippen molar-refractivity contribution in [3.63, 3.8) is 0 Å². The summed E-state index contributed by atoms with van der Waals surface area (Å²) in [5.41, 5.74) is 0.645. The van der Waals surface area contributed by atoms with Crippen LogP contribution in [0, 0.1) is 0 Å². The van der Waals surface area contributed by atoms with E-state index < -0.39 is 0 Å². The minimum Gasteiger partial charge on any atom is -0.364 e. The Balaban J connectivity index is 2.47. The number of halogens is 1. The molecular formula is C9H11ClN2O2. The SMILES string of the molecule is COCNC(=O)Nc1cccc(Cl)c1. The van der Waals surface area contributed by atoms with Crippen molar-refractivity contribution in [3.05, 3.63) is 29.3 Å². The summed E-state index contributed by atoms with van der Waals surface area (Å²) < 4.78 is 4.68. The van der Waals surface area contributed by atoms with E-state index in [0.717, 1.165) is 0 Å². The van der Waals surface area contributed by atoms with Crippen LogP contribution in [0.4, 0.5) is 10.5 Å². The molecule has 0 aliphatic rings. The topological polar surface area (TPSA) is 50.4 Å². The Morgan fingerprint density at radius 1 is 1.57 bits per heavy atom. The molecule has 0 atom stereocenters. The predicted molar refractivity (Wildman–Crippen MR) is 55.5 cm³/mol. The number of methoxy groups -OCH3 is 1. The maximum atomic E-state index is 11.1. The first-order valence-electron chi connectivity index (χ1n) is 4.01. The number of anilines is 1. The number of urea groups is 1. The van der Waals surface area contributed by atoms with Crippen LogP contribution in [0.25, 0.3) is 0 Å². The molecule has 0 saturated carbocycles. The average molecular weight is 215 g/mol. The number of carbonyl (C=O) groups excluding carboxylic acids is 1. The molecule has 0 aromatic heterocycles. The maximum Gasteiger partial charge on any atom is 0.321 e. The minimum atomic E-state index is -0.325. The van der Waals surface area contributed by atoms with Gasteiger partial charge < -0.3 is 15.4 Å². The number of hydrogen-bond acceptors (Lipinski definition) is 2. The summed E-state index contributed by atoms with van der Waals surface area (Å²) in [5.74, 6) is 0. The summed E-state index contributed by atoms with van der Waals surface area (Å²) in [6.07, 6.45) is 0. The summed E-state index contributed by atoms with van der Waals surface area (Å²) in [4.78, 5) is 11.1. The van der Waals surface area contributed by atoms with E-state index in [-0.39, 0.29) is 12.8 Å². The van der Waals surface area contributed by atoms with E-state index in [2.05, 4.69) is 15.4 Å². The van der Waals surface area contributed by atoms with E-state index in [1.165, 1.54) is 7.11 Å². The normalized spacial score (nSPS) is 9.57. The van der Waals surface area contributed by atoms with Crippen molar-refractivity contribution < 1.29 is 9.53 Å². The van der Waals surface area contributed by atoms with Gasteiger partial charge in [-0.2, -0.15) is 0 Å². The van der Waals surface area contributed by atoms with Crippen molar-refractivity contribution in [2.75, 3.05) is 19.2 Å². The lowest BCUT2D eigenvalue weighted by atomic mass is 10.3. The van der Waals surface area contributed by atoms with Gasteiger partial charge in [0.25, 0.3) is 0 Å². The van der Waals surface area contributed by atoms with Gasteiger partial charge in [-0.25, -0.2) is 4.79 Å². The first-order chi connectivity index (χ1) is 6.72. The molecule has 2 N–H and O–H groups in total. The van der Waals surface area contributed by atoms with Crippen LogP contribution in [0.15, 0.2) is 24.3 Å². The van der Waals surface area contributed by atoms with Gasteiger partial charge in [0.2, 0.25) is 0 Å². The van der Waals surface area contributed by atoms with Gasteiger partial charge in [-0.05, 0) is 18.2 Å². The molecule has 0 aliphatic carbocycles. The molecule has 4 nitrogen and oxygen atoms in total. The molecule has 0 aliphatic heterocycles. The smallest absolute Gasteiger partial charge is 0.321 e. The summed E-state index contributed by atoms with van der Waals surface area (Å²) >= 11 is 5.74. The Bertz CT molecular complexity index is 317. The van der Waals surface area contributed by atoms with Crippen LogP contribution in [0.1, 0.15) is 0 Å². The molecule has 5 heteroatoms. The van der Waals surface area contributed by atoms with Gasteiger partial charge in [0, 0.05) is 17.8 Å². The van der Waals surface area contributed by atoms with Crippen molar-refractivity contribution in [1.82, 2.24) is 5.32 Å². The molecule has 2 amide bonds. The predicted octanol–water partition coefficient (Wildman–Crippen LogP) is 2.07. The van der Waals surface area contributed by atoms with Crippen LogP contribution >= 0.6 is 11.6 Å². The highest BCUT2D eigenvalue weighted by molar-refractivity contribution is 6.30. The van der Waals surface area contributed by atoms with Gasteiger partial charge in [0.15, 0.2) is 0 Å². The van der Waals surface area contributed by atoms with Crippen LogP contribution in [0.2, 0.25) is 5.02 Å². The number of benzene rings is 1. The zero-order valence-corrected chi connectivity index (χ0v) is 8.47. The highest BCUT2D eigenvalue weighted by atomic mass is 35.5. The molecule has 14 heavy (non-hydrogen) atoms. The zero-order valence-electron chi connectivity index (χ0n) is 7.71. The second kappa shape index (κ2) is 5.47. The lowest BCUT2D eigenvalue weighted by Gasteiger charge is -2.06. The van der Waals surface area contributed by atoms with E-state index in [1.807, 2.05) is 0 Å². The number of amides is 2. The first kappa shape index (κ1) is 10.8. The third-order valence-electron chi connectivity index (χ3n) is 1.46. The van der Waals surface area contributed by atoms with Crippen LogP contribution in [0.3, 0.4) is 0 Å². The van der Waals surface area contributed by atoms with Gasteiger partial charge >= 0.3 is 6.03 Å². The van der Waals surface area contributed by atoms with Gasteiger partial charge in [-0.1, -0.05) is 17.7 Å². The lowest BCUT2D eigenvalue weighted by Crippen LogP contribution is -2.30. The highest BCUT2D eigenvalue weighted by Gasteiger charge is 1.99. The quantitative estimate of drug-likeness (QED) is 0.757. The zero-order chi connectivity index (χ0) is 10.4. The van der Waals surface area contributed by atoms with E-state index in [1.54, 1.807) is 24.3 Å². The highest BCUT2D eigenvalue weighted by Crippen LogP contribution is 2.14. The molecule has 0 saturated heterocycles. The van der Waals surface area contributed by atoms with Gasteiger partial charge in [-0.3, -0.25) is 0 Å². The number of rotatable bonds is 3. The largest absolute Gasteiger partial charge is 0.364 e. The molecule has 0 bridgehead atoms. The monoisotopic (exact) mass is 214 g/mol. The van der Waals surface area contributed by atoms with Crippen LogP contribution in [0.5, 0.6) is 0 Å². The number of hydrogen-bond donors (Lipinski definition) is 2. The molecule has 0 spiro atoms. The van der Waals surface area contributed by atoms with Gasteiger partial charge in [0.1, 0.15) is 6.73 Å². The molecule has 0 unspecified atom stereocenters. The van der Waals surface area contributed by atoms with Crippen molar-refractivity contribution in [2.24, 2.45) is 0 Å². The van der Waals surface area contributed by atoms with Crippen molar-refractivity contribution in [3.8, 4) is 0 Å². The molecule has 1 aromatic rings. The Hall–Kier alpha value is -1.26. The van der Waals surface area contributed by atoms with Crippen molar-refractivity contribution >= 4 is 23.3 Å². The fourth-order valence-corrected chi connectivity index (χ4v) is 1.07. The lowest BCUT2D eigenvalue weighted by molar-refractivity contribution is 0.177. The van der Waals surface area contributed by atoms with E-state index >= 15 is 0 Å². The van der Waals surface area contributed by atoms with Crippen LogP contribution in [-0.4, -0.2) is 19.9 Å². The van der Waals surface area contributed by atoms with Crippen LogP contribution in [-0.2, 0) is 4.74 Å². The molecule has 0 heterocycles. The number of nitrogens with one attached hydrogen (secondary N) is 2. The van der Waals surface area contributed by atoms with E-state index in [9.17, 15) is 4.79 Å². The molecule has 0 radical (unpaired) electrons. The first-order valence-corrected chi connectivity index (χ1v) is 4.39. The molecular weight excluding hydrogens is 204 g/mol. The second-order valence-corrected chi connectivity index (χ2v) is 3.01. The molecule has 1 rings (SSSR count). The third-order valence-corrected chi connectivity index (χ3v) is 1.69. The average Bonchev–Trinajstić information content (AvgIpc) is 2.15. The summed E-state index contributed by atoms with van der Waals surface area (Å²) in [5, 5.41) is 5.67. The number of carbonyl (C=O) groups is 1. The summed E-state index contributed by atoms with van der Waals surface area (Å²) in [7, 11) is 1.50. The Kier molecular flexibility index (Phi) is 4.22. The Morgan fingerprint density at radius 2 is 2.36 bits per heavy atom. The molecule has 1 aromatic carbocycles.